The number of benzene rings is 1. The van der Waals surface area contributed by atoms with Gasteiger partial charge in [0.2, 0.25) is 0 Å². The van der Waals surface area contributed by atoms with Gasteiger partial charge >= 0.3 is 0 Å². The van der Waals surface area contributed by atoms with Crippen molar-refractivity contribution in [1.29, 1.82) is 0 Å². The van der Waals surface area contributed by atoms with E-state index in [2.05, 4.69) is 36.2 Å². The smallest absolute Gasteiger partial charge is 0.0402 e. The Labute approximate surface area is 104 Å². The van der Waals surface area contributed by atoms with Gasteiger partial charge in [0, 0.05) is 24.7 Å². The summed E-state index contributed by atoms with van der Waals surface area (Å²) in [6, 6.07) is 9.91. The van der Waals surface area contributed by atoms with E-state index in [1.54, 1.807) is 5.56 Å². The molecule has 4 atom stereocenters. The van der Waals surface area contributed by atoms with E-state index < -0.39 is 0 Å². The zero-order chi connectivity index (χ0) is 11.4. The molecule has 2 saturated carbocycles. The van der Waals surface area contributed by atoms with Crippen LogP contribution >= 0.6 is 0 Å². The lowest BCUT2D eigenvalue weighted by atomic mass is 9.80. The van der Waals surface area contributed by atoms with Crippen LogP contribution in [-0.4, -0.2) is 13.1 Å². The van der Waals surface area contributed by atoms with Gasteiger partial charge in [0.1, 0.15) is 0 Å². The predicted octanol–water partition coefficient (Wildman–Crippen LogP) is 3.80. The van der Waals surface area contributed by atoms with Crippen molar-refractivity contribution in [2.24, 2.45) is 11.8 Å². The molecule has 0 saturated heterocycles. The maximum Gasteiger partial charge on any atom is 0.0402 e. The Morgan fingerprint density at radius 1 is 1.12 bits per heavy atom. The van der Waals surface area contributed by atoms with Gasteiger partial charge in [0.25, 0.3) is 0 Å². The van der Waals surface area contributed by atoms with Crippen LogP contribution in [-0.2, 0) is 0 Å². The summed E-state index contributed by atoms with van der Waals surface area (Å²) in [6.45, 7) is 0. The third kappa shape index (κ3) is 1.26. The predicted molar refractivity (Wildman–Crippen MR) is 71.4 cm³/mol. The highest BCUT2D eigenvalue weighted by molar-refractivity contribution is 5.62. The molecule has 1 nitrogen and oxygen atoms in total. The summed E-state index contributed by atoms with van der Waals surface area (Å²) in [5.74, 6) is 2.84. The van der Waals surface area contributed by atoms with E-state index in [0.29, 0.717) is 0 Å². The molecule has 2 fully saturated rings. The molecule has 2 aliphatic carbocycles. The molecule has 0 N–H and O–H groups in total. The van der Waals surface area contributed by atoms with Crippen molar-refractivity contribution in [3.05, 3.63) is 29.8 Å². The molecule has 1 aromatic carbocycles. The van der Waals surface area contributed by atoms with Gasteiger partial charge < -0.3 is 4.90 Å². The van der Waals surface area contributed by atoms with E-state index in [4.69, 9.17) is 0 Å². The molecule has 4 unspecified atom stereocenters. The monoisotopic (exact) mass is 227 g/mol. The minimum absolute atomic E-state index is 0.817. The van der Waals surface area contributed by atoms with Crippen LogP contribution in [0.5, 0.6) is 0 Å². The second-order valence-electron chi connectivity index (χ2n) is 6.21. The quantitative estimate of drug-likeness (QED) is 0.651. The lowest BCUT2D eigenvalue weighted by Crippen LogP contribution is -2.36. The van der Waals surface area contributed by atoms with E-state index in [0.717, 1.165) is 23.8 Å². The topological polar surface area (TPSA) is 3.24 Å². The summed E-state index contributed by atoms with van der Waals surface area (Å²) in [7, 11) is 2.32. The zero-order valence-electron chi connectivity index (χ0n) is 10.6. The first-order chi connectivity index (χ1) is 8.36. The second kappa shape index (κ2) is 3.51. The summed E-state index contributed by atoms with van der Waals surface area (Å²) in [4.78, 5) is 2.59. The molecule has 0 radical (unpaired) electrons. The Bertz CT molecular complexity index is 439. The van der Waals surface area contributed by atoms with Gasteiger partial charge in [-0.15, -0.1) is 0 Å². The summed E-state index contributed by atoms with van der Waals surface area (Å²) in [5.41, 5.74) is 3.14. The Hall–Kier alpha value is -0.980. The van der Waals surface area contributed by atoms with Crippen molar-refractivity contribution < 1.29 is 0 Å². The molecular formula is C16H21N. The van der Waals surface area contributed by atoms with E-state index in [1.165, 1.54) is 37.8 Å². The van der Waals surface area contributed by atoms with Crippen molar-refractivity contribution in [3.8, 4) is 0 Å². The zero-order valence-corrected chi connectivity index (χ0v) is 10.6. The van der Waals surface area contributed by atoms with Crippen LogP contribution in [0.4, 0.5) is 5.69 Å². The maximum atomic E-state index is 2.59. The Morgan fingerprint density at radius 3 is 2.88 bits per heavy atom. The van der Waals surface area contributed by atoms with Gasteiger partial charge in [-0.2, -0.15) is 0 Å². The number of rotatable bonds is 0. The SMILES string of the molecule is CN1c2ccccc2C2CC3CCCCC3C21. The lowest BCUT2D eigenvalue weighted by molar-refractivity contribution is 0.258. The van der Waals surface area contributed by atoms with Crippen molar-refractivity contribution in [3.63, 3.8) is 0 Å². The third-order valence-electron chi connectivity index (χ3n) is 5.54. The number of hydrogen-bond acceptors (Lipinski definition) is 1. The van der Waals surface area contributed by atoms with E-state index in [-0.39, 0.29) is 0 Å². The number of likely N-dealkylation sites (N-methyl/N-ethyl adjacent to an activating group) is 1. The fourth-order valence-electron chi connectivity index (χ4n) is 4.89. The molecule has 0 amide bonds. The van der Waals surface area contributed by atoms with Gasteiger partial charge in [0.15, 0.2) is 0 Å². The first-order valence-corrected chi connectivity index (χ1v) is 7.18. The standard InChI is InChI=1S/C16H21N/c1-17-15-9-5-4-8-13(15)14-10-11-6-2-3-7-12(11)16(14)17/h4-5,8-9,11-12,14,16H,2-3,6-7,10H2,1H3. The van der Waals surface area contributed by atoms with Crippen molar-refractivity contribution in [2.45, 2.75) is 44.1 Å². The maximum absolute atomic E-state index is 2.59. The minimum atomic E-state index is 0.817. The highest BCUT2D eigenvalue weighted by Gasteiger charge is 2.50. The molecule has 0 aromatic heterocycles. The van der Waals surface area contributed by atoms with Crippen LogP contribution in [0.25, 0.3) is 0 Å². The number of nitrogens with zero attached hydrogens (tertiary/aromatic N) is 1. The molecule has 1 heteroatoms. The molecule has 17 heavy (non-hydrogen) atoms. The first-order valence-electron chi connectivity index (χ1n) is 7.18. The highest BCUT2D eigenvalue weighted by Crippen LogP contribution is 2.56. The fraction of sp³-hybridized carbons (Fsp3) is 0.625. The Kier molecular flexibility index (Phi) is 2.06. The third-order valence-corrected chi connectivity index (χ3v) is 5.54. The number of para-hydroxylation sites is 1. The summed E-state index contributed by atoms with van der Waals surface area (Å²) in [5, 5.41) is 0. The summed E-state index contributed by atoms with van der Waals surface area (Å²) < 4.78 is 0. The van der Waals surface area contributed by atoms with Gasteiger partial charge in [-0.05, 0) is 36.3 Å². The second-order valence-corrected chi connectivity index (χ2v) is 6.21. The molecule has 1 aromatic rings. The molecule has 3 aliphatic rings. The average molecular weight is 227 g/mol. The molecule has 1 heterocycles. The number of anilines is 1. The minimum Gasteiger partial charge on any atom is -0.370 e. The van der Waals surface area contributed by atoms with E-state index in [1.807, 2.05) is 0 Å². The Morgan fingerprint density at radius 2 is 1.94 bits per heavy atom. The summed E-state index contributed by atoms with van der Waals surface area (Å²) >= 11 is 0. The highest BCUT2D eigenvalue weighted by atomic mass is 15.2. The van der Waals surface area contributed by atoms with Crippen LogP contribution < -0.4 is 4.90 Å². The average Bonchev–Trinajstić information content (AvgIpc) is 2.88. The largest absolute Gasteiger partial charge is 0.370 e. The summed E-state index contributed by atoms with van der Waals surface area (Å²) in [6.07, 6.45) is 7.37. The van der Waals surface area contributed by atoms with Gasteiger partial charge in [0.05, 0.1) is 0 Å². The lowest BCUT2D eigenvalue weighted by Gasteiger charge is -2.33. The fourth-order valence-corrected chi connectivity index (χ4v) is 4.89. The van der Waals surface area contributed by atoms with E-state index >= 15 is 0 Å². The van der Waals surface area contributed by atoms with Crippen LogP contribution in [0.15, 0.2) is 24.3 Å². The normalized spacial score (nSPS) is 38.8. The molecule has 90 valence electrons. The van der Waals surface area contributed by atoms with Crippen LogP contribution in [0.2, 0.25) is 0 Å². The van der Waals surface area contributed by atoms with Crippen LogP contribution in [0.1, 0.15) is 43.6 Å². The van der Waals surface area contributed by atoms with Gasteiger partial charge in [-0.3, -0.25) is 0 Å². The number of fused-ring (bicyclic) bond motifs is 5. The van der Waals surface area contributed by atoms with Crippen molar-refractivity contribution in [2.75, 3.05) is 11.9 Å². The molecule has 4 rings (SSSR count). The van der Waals surface area contributed by atoms with Crippen molar-refractivity contribution in [1.82, 2.24) is 0 Å². The van der Waals surface area contributed by atoms with Gasteiger partial charge in [-0.25, -0.2) is 0 Å². The molecular weight excluding hydrogens is 206 g/mol. The first kappa shape index (κ1) is 9.99. The Balaban J connectivity index is 1.76. The van der Waals surface area contributed by atoms with Crippen LogP contribution in [0, 0.1) is 11.8 Å². The molecule has 0 spiro atoms. The molecule has 0 bridgehead atoms. The molecule has 1 aliphatic heterocycles. The van der Waals surface area contributed by atoms with E-state index in [9.17, 15) is 0 Å². The van der Waals surface area contributed by atoms with Crippen LogP contribution in [0.3, 0.4) is 0 Å². The number of hydrogen-bond donors (Lipinski definition) is 0. The van der Waals surface area contributed by atoms with Crippen molar-refractivity contribution >= 4 is 5.69 Å². The van der Waals surface area contributed by atoms with Gasteiger partial charge in [-0.1, -0.05) is 37.5 Å².